The van der Waals surface area contributed by atoms with E-state index in [0.29, 0.717) is 11.6 Å². The molecule has 0 spiro atoms. The second-order valence-corrected chi connectivity index (χ2v) is 5.86. The minimum absolute atomic E-state index is 0.0125. The van der Waals surface area contributed by atoms with E-state index in [1.807, 2.05) is 54.6 Å². The zero-order chi connectivity index (χ0) is 16.2. The van der Waals surface area contributed by atoms with Crippen molar-refractivity contribution in [3.8, 4) is 0 Å². The summed E-state index contributed by atoms with van der Waals surface area (Å²) in [4.78, 5) is 12.1. The van der Waals surface area contributed by atoms with E-state index in [9.17, 15) is 4.79 Å². The van der Waals surface area contributed by atoms with Crippen LogP contribution in [0.1, 0.15) is 17.0 Å². The van der Waals surface area contributed by atoms with E-state index >= 15 is 0 Å². The van der Waals surface area contributed by atoms with Crippen molar-refractivity contribution in [2.24, 2.45) is 5.10 Å². The van der Waals surface area contributed by atoms with Gasteiger partial charge in [0.05, 0.1) is 18.3 Å². The van der Waals surface area contributed by atoms with Crippen LogP contribution in [0, 0.1) is 0 Å². The highest BCUT2D eigenvalue weighted by atomic mass is 35.5. The van der Waals surface area contributed by atoms with E-state index in [2.05, 4.69) is 10.4 Å². The van der Waals surface area contributed by atoms with Gasteiger partial charge in [-0.1, -0.05) is 54.1 Å². The third-order valence-corrected chi connectivity index (χ3v) is 4.09. The largest absolute Gasteiger partial charge is 0.338 e. The molecule has 1 N–H and O–H groups in total. The number of benzene rings is 2. The molecule has 1 aliphatic rings. The summed E-state index contributed by atoms with van der Waals surface area (Å²) < 4.78 is 0. The average molecular weight is 348 g/mol. The van der Waals surface area contributed by atoms with Crippen LogP contribution in [-0.2, 0) is 0 Å². The summed E-state index contributed by atoms with van der Waals surface area (Å²) in [5.41, 5.74) is 2.91. The van der Waals surface area contributed by atoms with E-state index in [4.69, 9.17) is 23.2 Å². The Hall–Kier alpha value is -2.04. The number of hydrogen-bond acceptors (Lipinski definition) is 2. The Morgan fingerprint density at radius 2 is 1.87 bits per heavy atom. The summed E-state index contributed by atoms with van der Waals surface area (Å²) in [6.45, 7) is 0.477. The van der Waals surface area contributed by atoms with Crippen LogP contribution in [0.15, 0.2) is 59.7 Å². The van der Waals surface area contributed by atoms with Crippen LogP contribution in [-0.4, -0.2) is 29.3 Å². The van der Waals surface area contributed by atoms with Crippen LogP contribution in [0.5, 0.6) is 0 Å². The molecule has 1 aliphatic heterocycles. The number of amides is 2. The smallest absolute Gasteiger partial charge is 0.323 e. The molecule has 118 valence electrons. The second-order valence-electron chi connectivity index (χ2n) is 5.15. The Labute approximate surface area is 144 Å². The first-order chi connectivity index (χ1) is 11.2. The van der Waals surface area contributed by atoms with Gasteiger partial charge in [-0.2, -0.15) is 5.10 Å². The molecule has 0 radical (unpaired) electrons. The minimum atomic E-state index is -0.301. The minimum Gasteiger partial charge on any atom is -0.323 e. The number of hydrazone groups is 1. The molecule has 0 bridgehead atoms. The Morgan fingerprint density at radius 3 is 2.52 bits per heavy atom. The van der Waals surface area contributed by atoms with E-state index in [1.165, 1.54) is 5.01 Å². The number of urea groups is 1. The van der Waals surface area contributed by atoms with Crippen LogP contribution in [0.25, 0.3) is 0 Å². The average Bonchev–Trinajstić information content (AvgIpc) is 3.02. The van der Waals surface area contributed by atoms with Gasteiger partial charge >= 0.3 is 6.03 Å². The predicted octanol–water partition coefficient (Wildman–Crippen LogP) is 4.05. The van der Waals surface area contributed by atoms with Gasteiger partial charge in [-0.15, -0.1) is 11.6 Å². The van der Waals surface area contributed by atoms with E-state index in [1.54, 1.807) is 0 Å². The molecule has 0 aliphatic carbocycles. The van der Waals surface area contributed by atoms with Crippen molar-refractivity contribution in [1.82, 2.24) is 10.3 Å². The molecule has 4 nitrogen and oxygen atoms in total. The van der Waals surface area contributed by atoms with E-state index in [-0.39, 0.29) is 18.0 Å². The lowest BCUT2D eigenvalue weighted by Crippen LogP contribution is -2.35. The summed E-state index contributed by atoms with van der Waals surface area (Å²) in [6.07, 6.45) is 0. The van der Waals surface area contributed by atoms with Gasteiger partial charge < -0.3 is 5.32 Å². The van der Waals surface area contributed by atoms with Crippen molar-refractivity contribution in [1.29, 1.82) is 0 Å². The fourth-order valence-electron chi connectivity index (χ4n) is 2.60. The third-order valence-electron chi connectivity index (χ3n) is 3.71. The molecule has 0 fully saturated rings. The van der Waals surface area contributed by atoms with Gasteiger partial charge in [0, 0.05) is 10.9 Å². The molecule has 2 amide bonds. The second kappa shape index (κ2) is 7.02. The zero-order valence-electron chi connectivity index (χ0n) is 12.2. The standard InChI is InChI=1S/C17H15Cl2N3O/c18-11-20-17(23)22-10-15(12-4-2-1-3-5-12)16(21-22)13-6-8-14(19)9-7-13/h1-9,15H,10-11H2,(H,20,23). The summed E-state index contributed by atoms with van der Waals surface area (Å²) in [5, 5.41) is 9.15. The van der Waals surface area contributed by atoms with Gasteiger partial charge in [0.25, 0.3) is 0 Å². The molecular formula is C17H15Cl2N3O. The normalized spacial score (nSPS) is 17.0. The fraction of sp³-hybridized carbons (Fsp3) is 0.176. The number of nitrogens with one attached hydrogen (secondary N) is 1. The molecular weight excluding hydrogens is 333 g/mol. The molecule has 0 saturated heterocycles. The molecule has 2 aromatic carbocycles. The highest BCUT2D eigenvalue weighted by molar-refractivity contribution is 6.30. The van der Waals surface area contributed by atoms with E-state index < -0.39 is 0 Å². The van der Waals surface area contributed by atoms with Crippen LogP contribution in [0.3, 0.4) is 0 Å². The molecule has 0 aromatic heterocycles. The lowest BCUT2D eigenvalue weighted by molar-refractivity contribution is 0.206. The summed E-state index contributed by atoms with van der Waals surface area (Å²) in [5.74, 6) is 0.0125. The maximum atomic E-state index is 12.1. The predicted molar refractivity (Wildman–Crippen MR) is 93.1 cm³/mol. The van der Waals surface area contributed by atoms with Crippen LogP contribution in [0.2, 0.25) is 5.02 Å². The molecule has 1 heterocycles. The highest BCUT2D eigenvalue weighted by Crippen LogP contribution is 2.29. The third kappa shape index (κ3) is 3.49. The number of halogens is 2. The monoisotopic (exact) mass is 347 g/mol. The van der Waals surface area contributed by atoms with Crippen molar-refractivity contribution in [2.75, 3.05) is 12.5 Å². The number of alkyl halides is 1. The topological polar surface area (TPSA) is 44.7 Å². The lowest BCUT2D eigenvalue weighted by atomic mass is 9.91. The van der Waals surface area contributed by atoms with Crippen molar-refractivity contribution in [2.45, 2.75) is 5.92 Å². The number of nitrogens with zero attached hydrogens (tertiary/aromatic N) is 2. The first kappa shape index (κ1) is 15.8. The fourth-order valence-corrected chi connectivity index (χ4v) is 2.85. The number of hydrogen-bond donors (Lipinski definition) is 1. The van der Waals surface area contributed by atoms with Gasteiger partial charge in [-0.3, -0.25) is 0 Å². The summed E-state index contributed by atoms with van der Waals surface area (Å²) in [6, 6.07) is 17.2. The van der Waals surface area contributed by atoms with Crippen molar-refractivity contribution in [3.05, 3.63) is 70.7 Å². The Balaban J connectivity index is 1.96. The highest BCUT2D eigenvalue weighted by Gasteiger charge is 2.31. The van der Waals surface area contributed by atoms with Crippen LogP contribution >= 0.6 is 23.2 Å². The van der Waals surface area contributed by atoms with Crippen LogP contribution in [0.4, 0.5) is 4.79 Å². The van der Waals surface area contributed by atoms with Gasteiger partial charge in [-0.05, 0) is 23.3 Å². The van der Waals surface area contributed by atoms with Crippen LogP contribution < -0.4 is 5.32 Å². The lowest BCUT2D eigenvalue weighted by Gasteiger charge is -2.15. The maximum absolute atomic E-state index is 12.1. The molecule has 0 saturated carbocycles. The SMILES string of the molecule is O=C(NCCl)N1CC(c2ccccc2)C(c2ccc(Cl)cc2)=N1. The number of carbonyl (C=O) groups is 1. The number of rotatable bonds is 3. The maximum Gasteiger partial charge on any atom is 0.338 e. The summed E-state index contributed by atoms with van der Waals surface area (Å²) in [7, 11) is 0. The molecule has 3 rings (SSSR count). The van der Waals surface area contributed by atoms with Gasteiger partial charge in [0.15, 0.2) is 0 Å². The molecule has 2 aromatic rings. The first-order valence-corrected chi connectivity index (χ1v) is 8.11. The van der Waals surface area contributed by atoms with Gasteiger partial charge in [-0.25, -0.2) is 9.80 Å². The first-order valence-electron chi connectivity index (χ1n) is 7.20. The Kier molecular flexibility index (Phi) is 4.84. The van der Waals surface area contributed by atoms with Crippen molar-refractivity contribution >= 4 is 34.9 Å². The molecule has 23 heavy (non-hydrogen) atoms. The molecule has 6 heteroatoms. The zero-order valence-corrected chi connectivity index (χ0v) is 13.8. The Morgan fingerprint density at radius 1 is 1.17 bits per heavy atom. The van der Waals surface area contributed by atoms with Crippen molar-refractivity contribution in [3.63, 3.8) is 0 Å². The number of carbonyl (C=O) groups excluding carboxylic acids is 1. The molecule has 1 atom stereocenters. The Bertz CT molecular complexity index is 716. The van der Waals surface area contributed by atoms with Crippen molar-refractivity contribution < 1.29 is 4.79 Å². The van der Waals surface area contributed by atoms with E-state index in [0.717, 1.165) is 16.8 Å². The van der Waals surface area contributed by atoms with Gasteiger partial charge in [0.2, 0.25) is 0 Å². The quantitative estimate of drug-likeness (QED) is 0.660. The molecule has 1 unspecified atom stereocenters. The van der Waals surface area contributed by atoms with Gasteiger partial charge in [0.1, 0.15) is 0 Å². The summed E-state index contributed by atoms with van der Waals surface area (Å²) >= 11 is 11.5.